The Morgan fingerprint density at radius 2 is 2.33 bits per heavy atom. The van der Waals surface area contributed by atoms with Crippen molar-refractivity contribution in [2.24, 2.45) is 5.92 Å². The van der Waals surface area contributed by atoms with Crippen molar-refractivity contribution in [3.05, 3.63) is 0 Å². The maximum atomic E-state index is 11.2. The molecule has 0 aromatic heterocycles. The highest BCUT2D eigenvalue weighted by Gasteiger charge is 2.38. The molecule has 2 unspecified atom stereocenters. The average Bonchev–Trinajstić information content (AvgIpc) is 2.09. The van der Waals surface area contributed by atoms with Crippen LogP contribution in [0.4, 0.5) is 0 Å². The topological polar surface area (TPSA) is 26.3 Å². The van der Waals surface area contributed by atoms with E-state index in [2.05, 4.69) is 13.8 Å². The number of carbonyl (C=O) groups excluding carboxylic acids is 1. The summed E-state index contributed by atoms with van der Waals surface area (Å²) in [6, 6.07) is 0. The van der Waals surface area contributed by atoms with Crippen LogP contribution in [0.25, 0.3) is 0 Å². The Labute approximate surface area is 74.3 Å². The minimum atomic E-state index is -0.0529. The monoisotopic (exact) mass is 170 g/mol. The van der Waals surface area contributed by atoms with Gasteiger partial charge in [-0.05, 0) is 19.3 Å². The standard InChI is InChI=1S/C10H18O2/c1-4-8-7-9(11)5-6-10(8,2)12-3/h8H,4-7H2,1-3H3. The molecule has 0 saturated heterocycles. The fourth-order valence-electron chi connectivity index (χ4n) is 2.03. The second-order valence-corrected chi connectivity index (χ2v) is 3.86. The van der Waals surface area contributed by atoms with E-state index >= 15 is 0 Å². The van der Waals surface area contributed by atoms with Crippen LogP contribution in [0.15, 0.2) is 0 Å². The normalized spacial score (nSPS) is 36.9. The third kappa shape index (κ3) is 1.69. The molecule has 0 N–H and O–H groups in total. The number of methoxy groups -OCH3 is 1. The molecule has 2 nitrogen and oxygen atoms in total. The molecule has 1 rings (SSSR count). The summed E-state index contributed by atoms with van der Waals surface area (Å²) in [7, 11) is 1.75. The first-order chi connectivity index (χ1) is 5.62. The quantitative estimate of drug-likeness (QED) is 0.635. The van der Waals surface area contributed by atoms with Crippen molar-refractivity contribution in [2.75, 3.05) is 7.11 Å². The van der Waals surface area contributed by atoms with Gasteiger partial charge in [0.1, 0.15) is 5.78 Å². The van der Waals surface area contributed by atoms with Crippen molar-refractivity contribution in [1.29, 1.82) is 0 Å². The Morgan fingerprint density at radius 1 is 1.67 bits per heavy atom. The number of carbonyl (C=O) groups is 1. The van der Waals surface area contributed by atoms with E-state index in [9.17, 15) is 4.79 Å². The minimum absolute atomic E-state index is 0.0529. The Morgan fingerprint density at radius 3 is 2.83 bits per heavy atom. The summed E-state index contributed by atoms with van der Waals surface area (Å²) < 4.78 is 5.48. The van der Waals surface area contributed by atoms with Gasteiger partial charge >= 0.3 is 0 Å². The first-order valence-electron chi connectivity index (χ1n) is 4.69. The van der Waals surface area contributed by atoms with E-state index < -0.39 is 0 Å². The number of rotatable bonds is 2. The predicted molar refractivity (Wildman–Crippen MR) is 48.1 cm³/mol. The van der Waals surface area contributed by atoms with Crippen molar-refractivity contribution in [3.63, 3.8) is 0 Å². The summed E-state index contributed by atoms with van der Waals surface area (Å²) >= 11 is 0. The Kier molecular flexibility index (Phi) is 2.89. The van der Waals surface area contributed by atoms with Crippen LogP contribution in [0.5, 0.6) is 0 Å². The maximum Gasteiger partial charge on any atom is 0.133 e. The van der Waals surface area contributed by atoms with Crippen molar-refractivity contribution >= 4 is 5.78 Å². The van der Waals surface area contributed by atoms with E-state index in [1.807, 2.05) is 0 Å². The molecule has 2 heteroatoms. The van der Waals surface area contributed by atoms with Gasteiger partial charge in [0.05, 0.1) is 5.60 Å². The number of ether oxygens (including phenoxy) is 1. The van der Waals surface area contributed by atoms with Crippen LogP contribution in [0, 0.1) is 5.92 Å². The Hall–Kier alpha value is -0.370. The predicted octanol–water partition coefficient (Wildman–Crippen LogP) is 2.17. The van der Waals surface area contributed by atoms with Crippen molar-refractivity contribution in [1.82, 2.24) is 0 Å². The largest absolute Gasteiger partial charge is 0.378 e. The Bertz CT molecular complexity index is 177. The first kappa shape index (κ1) is 9.72. The minimum Gasteiger partial charge on any atom is -0.378 e. The SMILES string of the molecule is CCC1CC(=O)CCC1(C)OC. The molecule has 0 aromatic rings. The van der Waals surface area contributed by atoms with Gasteiger partial charge in [0.25, 0.3) is 0 Å². The lowest BCUT2D eigenvalue weighted by Crippen LogP contribution is -2.41. The van der Waals surface area contributed by atoms with Gasteiger partial charge in [0, 0.05) is 20.0 Å². The Balaban J connectivity index is 2.68. The number of ketones is 1. The highest BCUT2D eigenvalue weighted by molar-refractivity contribution is 5.79. The van der Waals surface area contributed by atoms with Gasteiger partial charge in [0.15, 0.2) is 0 Å². The molecule has 0 heterocycles. The van der Waals surface area contributed by atoms with E-state index in [1.165, 1.54) is 0 Å². The first-order valence-corrected chi connectivity index (χ1v) is 4.69. The number of Topliss-reactive ketones (excluding diaryl/α,β-unsaturated/α-hetero) is 1. The molecule has 0 aliphatic heterocycles. The molecule has 1 aliphatic rings. The van der Waals surface area contributed by atoms with Crippen LogP contribution in [-0.2, 0) is 9.53 Å². The van der Waals surface area contributed by atoms with Crippen LogP contribution >= 0.6 is 0 Å². The summed E-state index contributed by atoms with van der Waals surface area (Å²) in [5.41, 5.74) is -0.0529. The summed E-state index contributed by atoms with van der Waals surface area (Å²) in [5, 5.41) is 0. The molecule has 1 fully saturated rings. The smallest absolute Gasteiger partial charge is 0.133 e. The van der Waals surface area contributed by atoms with Crippen molar-refractivity contribution in [3.8, 4) is 0 Å². The van der Waals surface area contributed by atoms with Gasteiger partial charge in [-0.1, -0.05) is 13.3 Å². The van der Waals surface area contributed by atoms with Gasteiger partial charge in [-0.2, -0.15) is 0 Å². The number of hydrogen-bond donors (Lipinski definition) is 0. The summed E-state index contributed by atoms with van der Waals surface area (Å²) in [4.78, 5) is 11.2. The maximum absolute atomic E-state index is 11.2. The molecule has 0 amide bonds. The molecule has 12 heavy (non-hydrogen) atoms. The van der Waals surface area contributed by atoms with Crippen molar-refractivity contribution < 1.29 is 9.53 Å². The van der Waals surface area contributed by atoms with Gasteiger partial charge in [-0.3, -0.25) is 4.79 Å². The summed E-state index contributed by atoms with van der Waals surface area (Å²) in [5.74, 6) is 0.820. The fourth-order valence-corrected chi connectivity index (χ4v) is 2.03. The summed E-state index contributed by atoms with van der Waals surface area (Å²) in [6.07, 6.45) is 3.33. The highest BCUT2D eigenvalue weighted by atomic mass is 16.5. The lowest BCUT2D eigenvalue weighted by atomic mass is 9.74. The zero-order valence-corrected chi connectivity index (χ0v) is 8.22. The van der Waals surface area contributed by atoms with Gasteiger partial charge in [0.2, 0.25) is 0 Å². The molecule has 70 valence electrons. The zero-order chi connectivity index (χ0) is 9.19. The van der Waals surface area contributed by atoms with Gasteiger partial charge in [-0.25, -0.2) is 0 Å². The van der Waals surface area contributed by atoms with E-state index in [4.69, 9.17) is 4.74 Å². The van der Waals surface area contributed by atoms with E-state index in [-0.39, 0.29) is 5.60 Å². The lowest BCUT2D eigenvalue weighted by molar-refractivity contribution is -0.132. The van der Waals surface area contributed by atoms with Crippen LogP contribution < -0.4 is 0 Å². The number of hydrogen-bond acceptors (Lipinski definition) is 2. The van der Waals surface area contributed by atoms with Gasteiger partial charge < -0.3 is 4.74 Å². The summed E-state index contributed by atoms with van der Waals surface area (Å²) in [6.45, 7) is 4.24. The van der Waals surface area contributed by atoms with Crippen LogP contribution in [0.2, 0.25) is 0 Å². The van der Waals surface area contributed by atoms with Crippen LogP contribution in [0.3, 0.4) is 0 Å². The van der Waals surface area contributed by atoms with Crippen molar-refractivity contribution in [2.45, 2.75) is 45.1 Å². The molecule has 1 saturated carbocycles. The zero-order valence-electron chi connectivity index (χ0n) is 8.22. The highest BCUT2D eigenvalue weighted by Crippen LogP contribution is 2.36. The molecule has 2 atom stereocenters. The molecule has 0 radical (unpaired) electrons. The third-order valence-electron chi connectivity index (χ3n) is 3.20. The van der Waals surface area contributed by atoms with E-state index in [0.717, 1.165) is 12.8 Å². The molecular formula is C10H18O2. The molecule has 0 aromatic carbocycles. The molecule has 1 aliphatic carbocycles. The second kappa shape index (κ2) is 3.56. The third-order valence-corrected chi connectivity index (χ3v) is 3.20. The fraction of sp³-hybridized carbons (Fsp3) is 0.900. The van der Waals surface area contributed by atoms with Crippen LogP contribution in [0.1, 0.15) is 39.5 Å². The van der Waals surface area contributed by atoms with E-state index in [1.54, 1.807) is 7.11 Å². The van der Waals surface area contributed by atoms with Gasteiger partial charge in [-0.15, -0.1) is 0 Å². The molecule has 0 spiro atoms. The lowest BCUT2D eigenvalue weighted by Gasteiger charge is -2.39. The average molecular weight is 170 g/mol. The van der Waals surface area contributed by atoms with Crippen LogP contribution in [-0.4, -0.2) is 18.5 Å². The molecule has 0 bridgehead atoms. The molecular weight excluding hydrogens is 152 g/mol. The second-order valence-electron chi connectivity index (χ2n) is 3.86. The van der Waals surface area contributed by atoms with E-state index in [0.29, 0.717) is 24.5 Å².